The molecule has 10 heteroatoms. The van der Waals surface area contributed by atoms with Crippen molar-refractivity contribution in [1.82, 2.24) is 14.8 Å². The van der Waals surface area contributed by atoms with Gasteiger partial charge >= 0.3 is 0 Å². The molecule has 0 bridgehead atoms. The van der Waals surface area contributed by atoms with E-state index in [-0.39, 0.29) is 12.2 Å². The fourth-order valence-corrected chi connectivity index (χ4v) is 3.99. The van der Waals surface area contributed by atoms with E-state index in [0.29, 0.717) is 59.9 Å². The number of fused-ring (bicyclic) bond motifs is 3. The van der Waals surface area contributed by atoms with E-state index in [2.05, 4.69) is 15.1 Å². The van der Waals surface area contributed by atoms with Crippen LogP contribution in [0.5, 0.6) is 0 Å². The Balaban J connectivity index is 1.71. The minimum atomic E-state index is -0.397. The molecule has 152 valence electrons. The maximum absolute atomic E-state index is 11.6. The molecule has 1 saturated heterocycles. The highest BCUT2D eigenvalue weighted by atomic mass is 35.5. The first kappa shape index (κ1) is 18.7. The van der Waals surface area contributed by atoms with Gasteiger partial charge < -0.3 is 9.64 Å². The number of hydrogen-bond acceptors (Lipinski definition) is 7. The molecule has 3 aromatic rings. The Morgan fingerprint density at radius 2 is 1.87 bits per heavy atom. The Labute approximate surface area is 176 Å². The molecule has 2 aliphatic heterocycles. The summed E-state index contributed by atoms with van der Waals surface area (Å²) >= 11 is 6.32. The summed E-state index contributed by atoms with van der Waals surface area (Å²) in [5, 5.41) is 20.9. The lowest BCUT2D eigenvalue weighted by Gasteiger charge is -2.28. The first-order chi connectivity index (χ1) is 14.6. The smallest absolute Gasteiger partial charge is 0.278 e. The lowest BCUT2D eigenvalue weighted by atomic mass is 9.99. The number of benzene rings is 2. The first-order valence-electron chi connectivity index (χ1n) is 9.49. The van der Waals surface area contributed by atoms with Gasteiger partial charge in [0, 0.05) is 29.7 Å². The standard InChI is InChI=1S/C20H17ClN6O3/c21-13-5-6-16-15(11-13)19(14-3-1-2-4-17(14)27(28)29)22-12-18-23-24-20(26(16)18)25-7-9-30-10-8-25/h1-6,11H,7-10,12H2. The molecule has 2 aromatic carbocycles. The fourth-order valence-electron chi connectivity index (χ4n) is 3.82. The first-order valence-corrected chi connectivity index (χ1v) is 9.87. The zero-order chi connectivity index (χ0) is 20.7. The highest BCUT2D eigenvalue weighted by Gasteiger charge is 2.28. The number of rotatable bonds is 3. The molecular weight excluding hydrogens is 408 g/mol. The highest BCUT2D eigenvalue weighted by molar-refractivity contribution is 6.31. The van der Waals surface area contributed by atoms with E-state index in [1.165, 1.54) is 6.07 Å². The third-order valence-electron chi connectivity index (χ3n) is 5.20. The summed E-state index contributed by atoms with van der Waals surface area (Å²) < 4.78 is 7.42. The van der Waals surface area contributed by atoms with Gasteiger partial charge in [-0.2, -0.15) is 0 Å². The summed E-state index contributed by atoms with van der Waals surface area (Å²) in [6.45, 7) is 2.89. The van der Waals surface area contributed by atoms with Gasteiger partial charge in [-0.15, -0.1) is 10.2 Å². The Kier molecular flexibility index (Phi) is 4.68. The van der Waals surface area contributed by atoms with Crippen LogP contribution in [0.1, 0.15) is 17.0 Å². The topological polar surface area (TPSA) is 98.7 Å². The van der Waals surface area contributed by atoms with Crippen molar-refractivity contribution in [3.8, 4) is 5.69 Å². The lowest BCUT2D eigenvalue weighted by molar-refractivity contribution is -0.385. The van der Waals surface area contributed by atoms with E-state index in [1.54, 1.807) is 30.3 Å². The van der Waals surface area contributed by atoms with Crippen LogP contribution >= 0.6 is 11.6 Å². The second-order valence-electron chi connectivity index (χ2n) is 6.95. The van der Waals surface area contributed by atoms with Crippen LogP contribution in [0, 0.1) is 10.1 Å². The number of para-hydroxylation sites is 1. The molecule has 0 N–H and O–H groups in total. The predicted molar refractivity (Wildman–Crippen MR) is 112 cm³/mol. The average molecular weight is 425 g/mol. The van der Waals surface area contributed by atoms with Crippen LogP contribution in [-0.4, -0.2) is 51.7 Å². The molecule has 0 aliphatic carbocycles. The summed E-state index contributed by atoms with van der Waals surface area (Å²) in [6.07, 6.45) is 0. The monoisotopic (exact) mass is 424 g/mol. The number of aromatic nitrogens is 3. The van der Waals surface area contributed by atoms with Crippen molar-refractivity contribution in [2.24, 2.45) is 4.99 Å². The Hall–Kier alpha value is -3.30. The Morgan fingerprint density at radius 3 is 2.67 bits per heavy atom. The van der Waals surface area contributed by atoms with Gasteiger partial charge in [0.2, 0.25) is 5.95 Å². The molecule has 9 nitrogen and oxygen atoms in total. The number of hydrogen-bond donors (Lipinski definition) is 0. The number of halogens is 1. The summed E-state index contributed by atoms with van der Waals surface area (Å²) in [5.41, 5.74) is 2.43. The third kappa shape index (κ3) is 3.12. The van der Waals surface area contributed by atoms with Crippen LogP contribution in [0.2, 0.25) is 5.02 Å². The van der Waals surface area contributed by atoms with Crippen LogP contribution in [0.15, 0.2) is 47.5 Å². The molecule has 30 heavy (non-hydrogen) atoms. The number of nitro benzene ring substituents is 1. The lowest BCUT2D eigenvalue weighted by Crippen LogP contribution is -2.38. The molecule has 1 fully saturated rings. The van der Waals surface area contributed by atoms with Gasteiger partial charge in [-0.05, 0) is 24.3 Å². The molecule has 0 atom stereocenters. The minimum absolute atomic E-state index is 0.00626. The molecule has 0 saturated carbocycles. The second-order valence-corrected chi connectivity index (χ2v) is 7.39. The summed E-state index contributed by atoms with van der Waals surface area (Å²) in [5.74, 6) is 1.37. The fraction of sp³-hybridized carbons (Fsp3) is 0.250. The quantitative estimate of drug-likeness (QED) is 0.473. The predicted octanol–water partition coefficient (Wildman–Crippen LogP) is 3.02. The van der Waals surface area contributed by atoms with E-state index in [0.717, 1.165) is 5.69 Å². The van der Waals surface area contributed by atoms with E-state index in [1.807, 2.05) is 10.6 Å². The van der Waals surface area contributed by atoms with Gasteiger partial charge in [-0.3, -0.25) is 19.7 Å². The highest BCUT2D eigenvalue weighted by Crippen LogP contribution is 2.33. The van der Waals surface area contributed by atoms with E-state index in [9.17, 15) is 10.1 Å². The number of morpholine rings is 1. The van der Waals surface area contributed by atoms with Crippen molar-refractivity contribution in [3.63, 3.8) is 0 Å². The minimum Gasteiger partial charge on any atom is -0.378 e. The second kappa shape index (κ2) is 7.51. The van der Waals surface area contributed by atoms with Crippen LogP contribution in [0.4, 0.5) is 11.6 Å². The molecule has 0 radical (unpaired) electrons. The van der Waals surface area contributed by atoms with Crippen molar-refractivity contribution in [2.45, 2.75) is 6.54 Å². The van der Waals surface area contributed by atoms with Crippen molar-refractivity contribution in [3.05, 3.63) is 74.6 Å². The van der Waals surface area contributed by atoms with E-state index >= 15 is 0 Å². The van der Waals surface area contributed by atoms with Gasteiger partial charge in [0.1, 0.15) is 6.54 Å². The number of anilines is 1. The van der Waals surface area contributed by atoms with Gasteiger partial charge in [-0.1, -0.05) is 23.7 Å². The van der Waals surface area contributed by atoms with Crippen molar-refractivity contribution in [2.75, 3.05) is 31.2 Å². The molecule has 1 aromatic heterocycles. The summed E-state index contributed by atoms with van der Waals surface area (Å²) in [7, 11) is 0. The van der Waals surface area contributed by atoms with E-state index in [4.69, 9.17) is 21.3 Å². The molecular formula is C20H17ClN6O3. The number of nitro groups is 1. The maximum atomic E-state index is 11.6. The maximum Gasteiger partial charge on any atom is 0.278 e. The van der Waals surface area contributed by atoms with Crippen molar-refractivity contribution < 1.29 is 9.66 Å². The third-order valence-corrected chi connectivity index (χ3v) is 5.43. The van der Waals surface area contributed by atoms with E-state index < -0.39 is 4.92 Å². The molecule has 3 heterocycles. The molecule has 0 amide bonds. The number of aliphatic imine (C=N–C) groups is 1. The van der Waals surface area contributed by atoms with Crippen LogP contribution in [-0.2, 0) is 11.3 Å². The summed E-state index contributed by atoms with van der Waals surface area (Å²) in [6, 6.07) is 12.0. The summed E-state index contributed by atoms with van der Waals surface area (Å²) in [4.78, 5) is 18.1. The SMILES string of the molecule is O=[N+]([O-])c1ccccc1C1=NCc2nnc(N3CCOCC3)n2-c2ccc(Cl)cc21. The van der Waals surface area contributed by atoms with Crippen molar-refractivity contribution in [1.29, 1.82) is 0 Å². The molecule has 0 spiro atoms. The van der Waals surface area contributed by atoms with Gasteiger partial charge in [0.05, 0.1) is 35.1 Å². The zero-order valence-electron chi connectivity index (χ0n) is 15.9. The number of nitrogens with zero attached hydrogens (tertiary/aromatic N) is 6. The zero-order valence-corrected chi connectivity index (χ0v) is 16.6. The Bertz CT molecular complexity index is 1170. The largest absolute Gasteiger partial charge is 0.378 e. The van der Waals surface area contributed by atoms with Crippen molar-refractivity contribution >= 4 is 28.9 Å². The van der Waals surface area contributed by atoms with Gasteiger partial charge in [-0.25, -0.2) is 0 Å². The normalized spacial score (nSPS) is 15.8. The average Bonchev–Trinajstić information content (AvgIpc) is 3.12. The van der Waals surface area contributed by atoms with Gasteiger partial charge in [0.15, 0.2) is 5.82 Å². The molecule has 2 aliphatic rings. The Morgan fingerprint density at radius 1 is 1.07 bits per heavy atom. The number of ether oxygens (including phenoxy) is 1. The van der Waals surface area contributed by atoms with Gasteiger partial charge in [0.25, 0.3) is 5.69 Å². The van der Waals surface area contributed by atoms with Crippen LogP contribution in [0.25, 0.3) is 5.69 Å². The van der Waals surface area contributed by atoms with Crippen LogP contribution < -0.4 is 4.90 Å². The molecule has 0 unspecified atom stereocenters. The van der Waals surface area contributed by atoms with Crippen LogP contribution in [0.3, 0.4) is 0 Å². The molecule has 5 rings (SSSR count).